The van der Waals surface area contributed by atoms with Crippen molar-refractivity contribution in [2.45, 2.75) is 20.4 Å². The van der Waals surface area contributed by atoms with Gasteiger partial charge in [0.15, 0.2) is 0 Å². The Kier molecular flexibility index (Phi) is 6.68. The average Bonchev–Trinajstić information content (AvgIpc) is 2.94. The summed E-state index contributed by atoms with van der Waals surface area (Å²) >= 11 is 12.7. The smallest absolute Gasteiger partial charge is 0.340 e. The molecule has 0 saturated carbocycles. The van der Waals surface area contributed by atoms with Gasteiger partial charge in [0.1, 0.15) is 0 Å². The van der Waals surface area contributed by atoms with E-state index in [1.807, 2.05) is 73.8 Å². The Labute approximate surface area is 181 Å². The molecule has 3 aromatic rings. The molecule has 0 fully saturated rings. The van der Waals surface area contributed by atoms with Crippen molar-refractivity contribution in [1.29, 1.82) is 0 Å². The molecule has 0 saturated heterocycles. The maximum Gasteiger partial charge on any atom is 0.340 e. The predicted molar refractivity (Wildman–Crippen MR) is 119 cm³/mol. The second-order valence-corrected chi connectivity index (χ2v) is 7.89. The normalized spacial score (nSPS) is 11.1. The van der Waals surface area contributed by atoms with Crippen molar-refractivity contribution in [1.82, 2.24) is 9.47 Å². The number of carbonyl (C=O) groups excluding carboxylic acids is 1. The first-order chi connectivity index (χ1) is 13.8. The van der Waals surface area contributed by atoms with E-state index in [4.69, 9.17) is 27.9 Å². The Morgan fingerprint density at radius 1 is 1.10 bits per heavy atom. The maximum atomic E-state index is 12.9. The number of carbonyl (C=O) groups is 1. The van der Waals surface area contributed by atoms with Crippen LogP contribution in [0.2, 0.25) is 10.0 Å². The molecule has 3 rings (SSSR count). The van der Waals surface area contributed by atoms with Gasteiger partial charge < -0.3 is 14.2 Å². The summed E-state index contributed by atoms with van der Waals surface area (Å²) < 4.78 is 7.42. The summed E-state index contributed by atoms with van der Waals surface area (Å²) in [5.74, 6) is -0.331. The van der Waals surface area contributed by atoms with E-state index in [2.05, 4.69) is 0 Å². The van der Waals surface area contributed by atoms with E-state index in [0.29, 0.717) is 28.8 Å². The van der Waals surface area contributed by atoms with Crippen LogP contribution in [0.4, 0.5) is 0 Å². The molecule has 0 aliphatic heterocycles. The zero-order valence-corrected chi connectivity index (χ0v) is 18.5. The van der Waals surface area contributed by atoms with Crippen LogP contribution in [0.5, 0.6) is 0 Å². The van der Waals surface area contributed by atoms with E-state index in [9.17, 15) is 4.79 Å². The van der Waals surface area contributed by atoms with Crippen LogP contribution < -0.4 is 0 Å². The summed E-state index contributed by atoms with van der Waals surface area (Å²) in [4.78, 5) is 15.0. The van der Waals surface area contributed by atoms with Gasteiger partial charge in [0.25, 0.3) is 0 Å². The lowest BCUT2D eigenvalue weighted by Crippen LogP contribution is -2.15. The van der Waals surface area contributed by atoms with Crippen LogP contribution in [0.3, 0.4) is 0 Å². The van der Waals surface area contributed by atoms with Crippen LogP contribution in [-0.2, 0) is 11.3 Å². The van der Waals surface area contributed by atoms with Crippen molar-refractivity contribution in [3.63, 3.8) is 0 Å². The molecule has 0 bridgehead atoms. The van der Waals surface area contributed by atoms with Crippen LogP contribution in [-0.4, -0.2) is 36.1 Å². The molecule has 1 heterocycles. The second kappa shape index (κ2) is 9.04. The zero-order chi connectivity index (χ0) is 21.1. The van der Waals surface area contributed by atoms with E-state index in [-0.39, 0.29) is 5.97 Å². The first kappa shape index (κ1) is 21.4. The average molecular weight is 431 g/mol. The largest absolute Gasteiger partial charge is 0.462 e. The highest BCUT2D eigenvalue weighted by atomic mass is 35.5. The van der Waals surface area contributed by atoms with E-state index in [1.54, 1.807) is 12.1 Å². The van der Waals surface area contributed by atoms with Gasteiger partial charge in [-0.1, -0.05) is 53.5 Å². The molecule has 0 atom stereocenters. The molecule has 0 aliphatic carbocycles. The van der Waals surface area contributed by atoms with E-state index < -0.39 is 0 Å². The molecule has 0 spiro atoms. The highest BCUT2D eigenvalue weighted by Gasteiger charge is 2.28. The zero-order valence-electron chi connectivity index (χ0n) is 17.0. The number of aromatic nitrogens is 1. The van der Waals surface area contributed by atoms with Crippen LogP contribution in [0.15, 0.2) is 48.5 Å². The van der Waals surface area contributed by atoms with Crippen molar-refractivity contribution < 1.29 is 9.53 Å². The van der Waals surface area contributed by atoms with Crippen molar-refractivity contribution in [2.24, 2.45) is 0 Å². The molecule has 0 N–H and O–H groups in total. The third-order valence-corrected chi connectivity index (χ3v) is 5.20. The summed E-state index contributed by atoms with van der Waals surface area (Å²) in [6.07, 6.45) is 0. The fraction of sp³-hybridized carbons (Fsp3) is 0.261. The molecule has 152 valence electrons. The van der Waals surface area contributed by atoms with Crippen LogP contribution in [0.1, 0.15) is 28.5 Å². The third kappa shape index (κ3) is 4.35. The van der Waals surface area contributed by atoms with E-state index >= 15 is 0 Å². The van der Waals surface area contributed by atoms with Gasteiger partial charge in [0, 0.05) is 22.8 Å². The van der Waals surface area contributed by atoms with Crippen molar-refractivity contribution in [3.05, 3.63) is 75.4 Å². The number of halogens is 2. The Morgan fingerprint density at radius 3 is 2.38 bits per heavy atom. The molecule has 29 heavy (non-hydrogen) atoms. The summed E-state index contributed by atoms with van der Waals surface area (Å²) in [6, 6.07) is 15.4. The van der Waals surface area contributed by atoms with Gasteiger partial charge in [-0.15, -0.1) is 0 Å². The molecule has 2 aromatic carbocycles. The molecule has 0 aliphatic rings. The molecule has 0 unspecified atom stereocenters. The summed E-state index contributed by atoms with van der Waals surface area (Å²) in [5.41, 5.74) is 4.94. The number of benzene rings is 2. The molecular weight excluding hydrogens is 407 g/mol. The Hall–Kier alpha value is -2.27. The first-order valence-corrected chi connectivity index (χ1v) is 10.2. The van der Waals surface area contributed by atoms with Gasteiger partial charge in [-0.05, 0) is 51.7 Å². The minimum atomic E-state index is -0.331. The Morgan fingerprint density at radius 2 is 1.79 bits per heavy atom. The predicted octanol–water partition coefficient (Wildman–Crippen LogP) is 6.00. The molecule has 1 aromatic heterocycles. The number of esters is 1. The number of rotatable bonds is 6. The minimum absolute atomic E-state index is 0.313. The van der Waals surface area contributed by atoms with Crippen molar-refractivity contribution in [3.8, 4) is 16.9 Å². The lowest BCUT2D eigenvalue weighted by atomic mass is 10.0. The van der Waals surface area contributed by atoms with Gasteiger partial charge >= 0.3 is 5.97 Å². The topological polar surface area (TPSA) is 34.5 Å². The second-order valence-electron chi connectivity index (χ2n) is 7.04. The monoisotopic (exact) mass is 430 g/mol. The molecule has 0 amide bonds. The lowest BCUT2D eigenvalue weighted by Gasteiger charge is -2.16. The third-order valence-electron chi connectivity index (χ3n) is 4.66. The van der Waals surface area contributed by atoms with Crippen molar-refractivity contribution >= 4 is 29.2 Å². The molecular formula is C23H24Cl2N2O2. The minimum Gasteiger partial charge on any atom is -0.462 e. The highest BCUT2D eigenvalue weighted by Crippen LogP contribution is 2.38. The Bertz CT molecular complexity index is 1030. The molecule has 6 heteroatoms. The summed E-state index contributed by atoms with van der Waals surface area (Å²) in [7, 11) is 3.96. The highest BCUT2D eigenvalue weighted by molar-refractivity contribution is 6.35. The van der Waals surface area contributed by atoms with Gasteiger partial charge in [-0.25, -0.2) is 4.79 Å². The maximum absolute atomic E-state index is 12.9. The lowest BCUT2D eigenvalue weighted by molar-refractivity contribution is 0.0523. The summed E-state index contributed by atoms with van der Waals surface area (Å²) in [5, 5.41) is 1.07. The SMILES string of the molecule is CCOC(=O)c1c(CN(C)C)c(-c2ccccc2)n(-c2ccc(Cl)cc2Cl)c1C. The van der Waals surface area contributed by atoms with Crippen molar-refractivity contribution in [2.75, 3.05) is 20.7 Å². The van der Waals surface area contributed by atoms with E-state index in [0.717, 1.165) is 28.2 Å². The van der Waals surface area contributed by atoms with Gasteiger partial charge in [0.05, 0.1) is 28.6 Å². The fourth-order valence-corrected chi connectivity index (χ4v) is 4.05. The number of hydrogen-bond acceptors (Lipinski definition) is 3. The number of nitrogens with zero attached hydrogens (tertiary/aromatic N) is 2. The molecule has 4 nitrogen and oxygen atoms in total. The fourth-order valence-electron chi connectivity index (χ4n) is 3.56. The van der Waals surface area contributed by atoms with Crippen LogP contribution in [0, 0.1) is 6.92 Å². The number of ether oxygens (including phenoxy) is 1. The van der Waals surface area contributed by atoms with E-state index in [1.165, 1.54) is 0 Å². The van der Waals surface area contributed by atoms with Gasteiger partial charge in [-0.2, -0.15) is 0 Å². The quantitative estimate of drug-likeness (QED) is 0.449. The number of hydrogen-bond donors (Lipinski definition) is 0. The van der Waals surface area contributed by atoms with Gasteiger partial charge in [-0.3, -0.25) is 0 Å². The molecule has 0 radical (unpaired) electrons. The summed E-state index contributed by atoms with van der Waals surface area (Å²) in [6.45, 7) is 4.62. The van der Waals surface area contributed by atoms with Crippen LogP contribution >= 0.6 is 23.2 Å². The van der Waals surface area contributed by atoms with Gasteiger partial charge in [0.2, 0.25) is 0 Å². The Balaban J connectivity index is 2.41. The first-order valence-electron chi connectivity index (χ1n) is 9.42. The standard InChI is InChI=1S/C23H24Cl2N2O2/c1-5-29-23(28)21-15(2)27(20-12-11-17(24)13-19(20)25)22(18(21)14-26(3)4)16-9-7-6-8-10-16/h6-13H,5,14H2,1-4H3. The van der Waals surface area contributed by atoms with Crippen LogP contribution in [0.25, 0.3) is 16.9 Å².